The molecular formula is C21H22N2O4S. The quantitative estimate of drug-likeness (QED) is 0.603. The molecule has 0 saturated heterocycles. The Morgan fingerprint density at radius 3 is 2.46 bits per heavy atom. The Bertz CT molecular complexity index is 938. The van der Waals surface area contributed by atoms with Crippen LogP contribution in [0.4, 0.5) is 5.13 Å². The molecule has 0 atom stereocenters. The van der Waals surface area contributed by atoms with Gasteiger partial charge in [-0.1, -0.05) is 12.1 Å². The third-order valence-electron chi connectivity index (χ3n) is 3.91. The molecule has 3 rings (SSSR count). The molecule has 2 aromatic carbocycles. The normalized spacial score (nSPS) is 10.4. The molecule has 0 aliphatic rings. The number of methoxy groups -OCH3 is 1. The van der Waals surface area contributed by atoms with Crippen LogP contribution in [-0.2, 0) is 4.79 Å². The van der Waals surface area contributed by atoms with Gasteiger partial charge in [-0.25, -0.2) is 4.98 Å². The second-order valence-electron chi connectivity index (χ2n) is 5.87. The first kappa shape index (κ1) is 19.7. The van der Waals surface area contributed by atoms with E-state index in [9.17, 15) is 4.79 Å². The highest BCUT2D eigenvalue weighted by Crippen LogP contribution is 2.31. The average Bonchev–Trinajstić information content (AvgIpc) is 3.07. The van der Waals surface area contributed by atoms with Crippen LogP contribution in [0, 0.1) is 6.92 Å². The summed E-state index contributed by atoms with van der Waals surface area (Å²) in [5.74, 6) is 1.64. The molecule has 0 aliphatic heterocycles. The second-order valence-corrected chi connectivity index (χ2v) is 7.07. The molecule has 1 heterocycles. The van der Waals surface area contributed by atoms with Gasteiger partial charge in [0.2, 0.25) is 0 Å². The smallest absolute Gasteiger partial charge is 0.264 e. The fourth-order valence-corrected chi connectivity index (χ4v) is 3.48. The lowest BCUT2D eigenvalue weighted by Gasteiger charge is -2.09. The summed E-state index contributed by atoms with van der Waals surface area (Å²) >= 11 is 1.43. The van der Waals surface area contributed by atoms with Gasteiger partial charge in [0.25, 0.3) is 5.91 Å². The summed E-state index contributed by atoms with van der Waals surface area (Å²) in [6.07, 6.45) is 0. The SMILES string of the molecule is CCOc1ccc(-c2nc(NC(=O)COc3ccccc3OC)sc2C)cc1. The van der Waals surface area contributed by atoms with Gasteiger partial charge in [-0.15, -0.1) is 11.3 Å². The van der Waals surface area contributed by atoms with E-state index in [4.69, 9.17) is 14.2 Å². The number of aryl methyl sites for hydroxylation is 1. The largest absolute Gasteiger partial charge is 0.494 e. The fourth-order valence-electron chi connectivity index (χ4n) is 2.63. The van der Waals surface area contributed by atoms with Crippen molar-refractivity contribution in [2.45, 2.75) is 13.8 Å². The third kappa shape index (κ3) is 4.80. The Morgan fingerprint density at radius 1 is 1.07 bits per heavy atom. The van der Waals surface area contributed by atoms with E-state index in [-0.39, 0.29) is 12.5 Å². The van der Waals surface area contributed by atoms with Crippen LogP contribution in [0.2, 0.25) is 0 Å². The lowest BCUT2D eigenvalue weighted by Crippen LogP contribution is -2.20. The van der Waals surface area contributed by atoms with Crippen LogP contribution < -0.4 is 19.5 Å². The molecule has 1 N–H and O–H groups in total. The van der Waals surface area contributed by atoms with Gasteiger partial charge in [0, 0.05) is 10.4 Å². The molecule has 7 heteroatoms. The van der Waals surface area contributed by atoms with Crippen LogP contribution >= 0.6 is 11.3 Å². The molecule has 0 bridgehead atoms. The van der Waals surface area contributed by atoms with E-state index in [1.807, 2.05) is 50.2 Å². The van der Waals surface area contributed by atoms with Gasteiger partial charge in [0.15, 0.2) is 23.2 Å². The highest BCUT2D eigenvalue weighted by atomic mass is 32.1. The van der Waals surface area contributed by atoms with E-state index in [0.717, 1.165) is 21.9 Å². The molecule has 3 aromatic rings. The number of nitrogens with one attached hydrogen (secondary N) is 1. The molecule has 0 spiro atoms. The summed E-state index contributed by atoms with van der Waals surface area (Å²) in [6, 6.07) is 14.9. The molecule has 0 radical (unpaired) electrons. The van der Waals surface area contributed by atoms with Gasteiger partial charge in [-0.05, 0) is 50.2 Å². The number of anilines is 1. The lowest BCUT2D eigenvalue weighted by atomic mass is 10.1. The summed E-state index contributed by atoms with van der Waals surface area (Å²) in [7, 11) is 1.56. The molecule has 0 saturated carbocycles. The number of para-hydroxylation sites is 2. The highest BCUT2D eigenvalue weighted by molar-refractivity contribution is 7.16. The Labute approximate surface area is 168 Å². The van der Waals surface area contributed by atoms with Crippen molar-refractivity contribution in [2.24, 2.45) is 0 Å². The summed E-state index contributed by atoms with van der Waals surface area (Å²) in [5.41, 5.74) is 1.82. The van der Waals surface area contributed by atoms with Gasteiger partial charge in [0.05, 0.1) is 19.4 Å². The zero-order chi connectivity index (χ0) is 19.9. The highest BCUT2D eigenvalue weighted by Gasteiger charge is 2.13. The Kier molecular flexibility index (Phi) is 6.49. The van der Waals surface area contributed by atoms with Gasteiger partial charge in [-0.2, -0.15) is 0 Å². The van der Waals surface area contributed by atoms with Crippen molar-refractivity contribution >= 4 is 22.4 Å². The molecule has 0 unspecified atom stereocenters. The summed E-state index contributed by atoms with van der Waals surface area (Å²) in [4.78, 5) is 17.8. The summed E-state index contributed by atoms with van der Waals surface area (Å²) in [5, 5.41) is 3.33. The lowest BCUT2D eigenvalue weighted by molar-refractivity contribution is -0.118. The van der Waals surface area contributed by atoms with Crippen molar-refractivity contribution < 1.29 is 19.0 Å². The number of rotatable bonds is 8. The van der Waals surface area contributed by atoms with Crippen LogP contribution in [0.15, 0.2) is 48.5 Å². The maximum atomic E-state index is 12.2. The topological polar surface area (TPSA) is 69.7 Å². The number of hydrogen-bond donors (Lipinski definition) is 1. The first-order chi connectivity index (χ1) is 13.6. The van der Waals surface area contributed by atoms with Crippen LogP contribution in [0.25, 0.3) is 11.3 Å². The number of benzene rings is 2. The minimum Gasteiger partial charge on any atom is -0.494 e. The molecule has 28 heavy (non-hydrogen) atoms. The zero-order valence-corrected chi connectivity index (χ0v) is 16.8. The van der Waals surface area contributed by atoms with Crippen molar-refractivity contribution in [3.63, 3.8) is 0 Å². The third-order valence-corrected chi connectivity index (χ3v) is 4.80. The number of nitrogens with zero attached hydrogens (tertiary/aromatic N) is 1. The maximum Gasteiger partial charge on any atom is 0.264 e. The number of ether oxygens (including phenoxy) is 3. The number of hydrogen-bond acceptors (Lipinski definition) is 6. The Balaban J connectivity index is 1.63. The van der Waals surface area contributed by atoms with E-state index < -0.39 is 0 Å². The first-order valence-electron chi connectivity index (χ1n) is 8.87. The molecule has 0 fully saturated rings. The van der Waals surface area contributed by atoms with Crippen molar-refractivity contribution in [3.05, 3.63) is 53.4 Å². The number of carbonyl (C=O) groups excluding carboxylic acids is 1. The number of amides is 1. The summed E-state index contributed by atoms with van der Waals surface area (Å²) in [6.45, 7) is 4.43. The molecular weight excluding hydrogens is 376 g/mol. The van der Waals surface area contributed by atoms with Gasteiger partial charge in [-0.3, -0.25) is 10.1 Å². The Hall–Kier alpha value is -3.06. The predicted octanol–water partition coefficient (Wildman–Crippen LogP) is 4.54. The van der Waals surface area contributed by atoms with E-state index in [1.54, 1.807) is 19.2 Å². The number of aromatic nitrogens is 1. The van der Waals surface area contributed by atoms with E-state index >= 15 is 0 Å². The zero-order valence-electron chi connectivity index (χ0n) is 16.0. The summed E-state index contributed by atoms with van der Waals surface area (Å²) < 4.78 is 16.2. The van der Waals surface area contributed by atoms with Crippen molar-refractivity contribution in [1.29, 1.82) is 0 Å². The monoisotopic (exact) mass is 398 g/mol. The van der Waals surface area contributed by atoms with Crippen LogP contribution in [-0.4, -0.2) is 31.2 Å². The minimum atomic E-state index is -0.280. The standard InChI is InChI=1S/C21H22N2O4S/c1-4-26-16-11-9-15(10-12-16)20-14(2)28-21(23-20)22-19(24)13-27-18-8-6-5-7-17(18)25-3/h5-12H,4,13H2,1-3H3,(H,22,23,24). The average molecular weight is 398 g/mol. The van der Waals surface area contributed by atoms with E-state index in [0.29, 0.717) is 23.2 Å². The molecule has 0 aliphatic carbocycles. The second kappa shape index (κ2) is 9.23. The van der Waals surface area contributed by atoms with Crippen LogP contribution in [0.3, 0.4) is 0 Å². The number of carbonyl (C=O) groups is 1. The van der Waals surface area contributed by atoms with Gasteiger partial charge in [0.1, 0.15) is 5.75 Å². The van der Waals surface area contributed by atoms with Gasteiger partial charge >= 0.3 is 0 Å². The fraction of sp³-hybridized carbons (Fsp3) is 0.238. The van der Waals surface area contributed by atoms with Crippen molar-refractivity contribution in [3.8, 4) is 28.5 Å². The van der Waals surface area contributed by atoms with E-state index in [2.05, 4.69) is 10.3 Å². The first-order valence-corrected chi connectivity index (χ1v) is 9.68. The van der Waals surface area contributed by atoms with E-state index in [1.165, 1.54) is 11.3 Å². The maximum absolute atomic E-state index is 12.2. The minimum absolute atomic E-state index is 0.128. The van der Waals surface area contributed by atoms with Crippen LogP contribution in [0.5, 0.6) is 17.2 Å². The molecule has 6 nitrogen and oxygen atoms in total. The van der Waals surface area contributed by atoms with Crippen molar-refractivity contribution in [1.82, 2.24) is 4.98 Å². The van der Waals surface area contributed by atoms with Crippen molar-refractivity contribution in [2.75, 3.05) is 25.6 Å². The Morgan fingerprint density at radius 2 is 1.79 bits per heavy atom. The molecule has 146 valence electrons. The molecule has 1 aromatic heterocycles. The van der Waals surface area contributed by atoms with Gasteiger partial charge < -0.3 is 14.2 Å². The predicted molar refractivity (Wildman–Crippen MR) is 111 cm³/mol. The number of thiazole rings is 1. The molecule has 1 amide bonds. The van der Waals surface area contributed by atoms with Crippen LogP contribution in [0.1, 0.15) is 11.8 Å².